The van der Waals surface area contributed by atoms with Crippen LogP contribution in [0.25, 0.3) is 0 Å². The molecule has 0 aliphatic carbocycles. The molecule has 1 aromatic heterocycles. The third kappa shape index (κ3) is 3.23. The average Bonchev–Trinajstić information content (AvgIpc) is 2.40. The number of pyridine rings is 1. The van der Waals surface area contributed by atoms with Crippen LogP contribution in [-0.4, -0.2) is 16.9 Å². The molecule has 0 radical (unpaired) electrons. The first-order chi connectivity index (χ1) is 9.47. The molecule has 2 aromatic rings. The number of hydrogen-bond acceptors (Lipinski definition) is 3. The van der Waals surface area contributed by atoms with Gasteiger partial charge in [-0.05, 0) is 51.0 Å². The number of aromatic nitrogens is 1. The Labute approximate surface area is 119 Å². The van der Waals surface area contributed by atoms with E-state index in [0.717, 1.165) is 5.56 Å². The molecule has 1 heterocycles. The Bertz CT molecular complexity index is 633. The SMILES string of the molecule is Cc1ccc(C(=O)c2cncc(OC(C)C)c2)cc1C. The van der Waals surface area contributed by atoms with E-state index in [1.165, 1.54) is 5.56 Å². The van der Waals surface area contributed by atoms with Gasteiger partial charge in [-0.15, -0.1) is 0 Å². The zero-order valence-electron chi connectivity index (χ0n) is 12.3. The molecule has 20 heavy (non-hydrogen) atoms. The van der Waals surface area contributed by atoms with Gasteiger partial charge < -0.3 is 4.74 Å². The second kappa shape index (κ2) is 5.87. The molecule has 0 saturated carbocycles. The van der Waals surface area contributed by atoms with Gasteiger partial charge in [0.15, 0.2) is 5.78 Å². The number of aryl methyl sites for hydroxylation is 2. The molecule has 0 spiro atoms. The molecule has 0 N–H and O–H groups in total. The predicted molar refractivity (Wildman–Crippen MR) is 79.3 cm³/mol. The smallest absolute Gasteiger partial charge is 0.194 e. The van der Waals surface area contributed by atoms with Crippen LogP contribution in [0.1, 0.15) is 40.9 Å². The molecule has 0 bridgehead atoms. The molecule has 0 aliphatic rings. The van der Waals surface area contributed by atoms with Gasteiger partial charge in [0, 0.05) is 17.3 Å². The van der Waals surface area contributed by atoms with Crippen LogP contribution >= 0.6 is 0 Å². The van der Waals surface area contributed by atoms with E-state index in [4.69, 9.17) is 4.74 Å². The fourth-order valence-corrected chi connectivity index (χ4v) is 1.93. The zero-order valence-corrected chi connectivity index (χ0v) is 12.3. The Kier molecular flexibility index (Phi) is 4.18. The first-order valence-electron chi connectivity index (χ1n) is 6.71. The maximum absolute atomic E-state index is 12.5. The summed E-state index contributed by atoms with van der Waals surface area (Å²) in [6, 6.07) is 7.46. The van der Waals surface area contributed by atoms with Gasteiger partial charge in [0.1, 0.15) is 5.75 Å². The summed E-state index contributed by atoms with van der Waals surface area (Å²) < 4.78 is 5.57. The summed E-state index contributed by atoms with van der Waals surface area (Å²) in [7, 11) is 0. The lowest BCUT2D eigenvalue weighted by Crippen LogP contribution is -2.08. The van der Waals surface area contributed by atoms with Gasteiger partial charge in [0.05, 0.1) is 12.3 Å². The molecular weight excluding hydrogens is 250 g/mol. The van der Waals surface area contributed by atoms with E-state index in [0.29, 0.717) is 16.9 Å². The number of hydrogen-bond donors (Lipinski definition) is 0. The Balaban J connectivity index is 2.30. The molecule has 0 fully saturated rings. The van der Waals surface area contributed by atoms with Crippen molar-refractivity contribution in [3.63, 3.8) is 0 Å². The first-order valence-corrected chi connectivity index (χ1v) is 6.71. The van der Waals surface area contributed by atoms with E-state index in [2.05, 4.69) is 4.98 Å². The topological polar surface area (TPSA) is 39.2 Å². The minimum atomic E-state index is -0.0326. The van der Waals surface area contributed by atoms with Crippen molar-refractivity contribution >= 4 is 5.78 Å². The maximum Gasteiger partial charge on any atom is 0.194 e. The van der Waals surface area contributed by atoms with Crippen LogP contribution < -0.4 is 4.74 Å². The standard InChI is InChI=1S/C17H19NO2/c1-11(2)20-16-8-15(9-18-10-16)17(19)14-6-5-12(3)13(4)7-14/h5-11H,1-4H3. The van der Waals surface area contributed by atoms with Gasteiger partial charge in [0.25, 0.3) is 0 Å². The number of ether oxygens (including phenoxy) is 1. The van der Waals surface area contributed by atoms with E-state index >= 15 is 0 Å². The normalized spacial score (nSPS) is 10.7. The van der Waals surface area contributed by atoms with Crippen molar-refractivity contribution in [3.8, 4) is 5.75 Å². The number of carbonyl (C=O) groups excluding carboxylic acids is 1. The van der Waals surface area contributed by atoms with Gasteiger partial charge in [0.2, 0.25) is 0 Å². The van der Waals surface area contributed by atoms with Crippen molar-refractivity contribution in [1.29, 1.82) is 0 Å². The highest BCUT2D eigenvalue weighted by Gasteiger charge is 2.11. The molecule has 0 amide bonds. The Hall–Kier alpha value is -2.16. The fraction of sp³-hybridized carbons (Fsp3) is 0.294. The number of rotatable bonds is 4. The van der Waals surface area contributed by atoms with Gasteiger partial charge in [-0.25, -0.2) is 0 Å². The summed E-state index contributed by atoms with van der Waals surface area (Å²) >= 11 is 0. The highest BCUT2D eigenvalue weighted by atomic mass is 16.5. The van der Waals surface area contributed by atoms with E-state index < -0.39 is 0 Å². The van der Waals surface area contributed by atoms with E-state index in [9.17, 15) is 4.79 Å². The molecule has 1 aromatic carbocycles. The quantitative estimate of drug-likeness (QED) is 0.794. The third-order valence-electron chi connectivity index (χ3n) is 3.12. The van der Waals surface area contributed by atoms with E-state index in [1.807, 2.05) is 45.9 Å². The summed E-state index contributed by atoms with van der Waals surface area (Å²) in [5.41, 5.74) is 3.51. The molecule has 0 unspecified atom stereocenters. The van der Waals surface area contributed by atoms with Crippen LogP contribution in [0, 0.1) is 13.8 Å². The van der Waals surface area contributed by atoms with Crippen molar-refractivity contribution in [1.82, 2.24) is 4.98 Å². The second-order valence-electron chi connectivity index (χ2n) is 5.20. The molecule has 104 valence electrons. The number of benzene rings is 1. The van der Waals surface area contributed by atoms with Crippen LogP contribution in [0.2, 0.25) is 0 Å². The van der Waals surface area contributed by atoms with Gasteiger partial charge in [-0.2, -0.15) is 0 Å². The van der Waals surface area contributed by atoms with Crippen molar-refractivity contribution < 1.29 is 9.53 Å². The molecule has 0 atom stereocenters. The zero-order chi connectivity index (χ0) is 14.7. The lowest BCUT2D eigenvalue weighted by molar-refractivity contribution is 0.103. The summed E-state index contributed by atoms with van der Waals surface area (Å²) in [5, 5.41) is 0. The predicted octanol–water partition coefficient (Wildman–Crippen LogP) is 3.72. The van der Waals surface area contributed by atoms with Gasteiger partial charge >= 0.3 is 0 Å². The number of carbonyl (C=O) groups is 1. The van der Waals surface area contributed by atoms with Crippen molar-refractivity contribution in [3.05, 3.63) is 58.9 Å². The number of ketones is 1. The highest BCUT2D eigenvalue weighted by Crippen LogP contribution is 2.18. The minimum Gasteiger partial charge on any atom is -0.489 e. The first kappa shape index (κ1) is 14.3. The summed E-state index contributed by atoms with van der Waals surface area (Å²) in [6.45, 7) is 7.92. The van der Waals surface area contributed by atoms with Crippen LogP contribution in [0.4, 0.5) is 0 Å². The molecule has 2 rings (SSSR count). The minimum absolute atomic E-state index is 0.0326. The number of nitrogens with zero attached hydrogens (tertiary/aromatic N) is 1. The second-order valence-corrected chi connectivity index (χ2v) is 5.20. The third-order valence-corrected chi connectivity index (χ3v) is 3.12. The summed E-state index contributed by atoms with van der Waals surface area (Å²) in [4.78, 5) is 16.5. The highest BCUT2D eigenvalue weighted by molar-refractivity contribution is 6.09. The summed E-state index contributed by atoms with van der Waals surface area (Å²) in [6.07, 6.45) is 3.26. The lowest BCUT2D eigenvalue weighted by Gasteiger charge is -2.10. The molecule has 3 nitrogen and oxygen atoms in total. The Morgan fingerprint density at radius 3 is 2.45 bits per heavy atom. The van der Waals surface area contributed by atoms with Crippen LogP contribution in [-0.2, 0) is 0 Å². The molecule has 0 saturated heterocycles. The van der Waals surface area contributed by atoms with E-state index in [-0.39, 0.29) is 11.9 Å². The monoisotopic (exact) mass is 269 g/mol. The van der Waals surface area contributed by atoms with Gasteiger partial charge in [-0.1, -0.05) is 12.1 Å². The molecule has 0 aliphatic heterocycles. The van der Waals surface area contributed by atoms with E-state index in [1.54, 1.807) is 18.5 Å². The summed E-state index contributed by atoms with van der Waals surface area (Å²) in [5.74, 6) is 0.587. The van der Waals surface area contributed by atoms with Crippen LogP contribution in [0.3, 0.4) is 0 Å². The van der Waals surface area contributed by atoms with Gasteiger partial charge in [-0.3, -0.25) is 9.78 Å². The van der Waals surface area contributed by atoms with Crippen molar-refractivity contribution in [2.45, 2.75) is 33.8 Å². The van der Waals surface area contributed by atoms with Crippen molar-refractivity contribution in [2.75, 3.05) is 0 Å². The molecular formula is C17H19NO2. The Morgan fingerprint density at radius 2 is 1.80 bits per heavy atom. The largest absolute Gasteiger partial charge is 0.489 e. The van der Waals surface area contributed by atoms with Crippen molar-refractivity contribution in [2.24, 2.45) is 0 Å². The maximum atomic E-state index is 12.5. The average molecular weight is 269 g/mol. The molecule has 3 heteroatoms. The van der Waals surface area contributed by atoms with Crippen LogP contribution in [0.15, 0.2) is 36.7 Å². The lowest BCUT2D eigenvalue weighted by atomic mass is 10.0. The fourth-order valence-electron chi connectivity index (χ4n) is 1.93. The Morgan fingerprint density at radius 1 is 1.05 bits per heavy atom. The van der Waals surface area contributed by atoms with Crippen LogP contribution in [0.5, 0.6) is 5.75 Å².